The van der Waals surface area contributed by atoms with Crippen LogP contribution in [0.1, 0.15) is 23.2 Å². The Kier molecular flexibility index (Phi) is 4.51. The van der Waals surface area contributed by atoms with Crippen LogP contribution < -0.4 is 0 Å². The van der Waals surface area contributed by atoms with Gasteiger partial charge in [0, 0.05) is 30.7 Å². The molecule has 120 valence electrons. The number of amides is 1. The van der Waals surface area contributed by atoms with Gasteiger partial charge in [0.1, 0.15) is 0 Å². The highest BCUT2D eigenvalue weighted by Gasteiger charge is 2.41. The number of sulfonamides is 1. The maximum atomic E-state index is 12.5. The minimum absolute atomic E-state index is 0.158. The van der Waals surface area contributed by atoms with Gasteiger partial charge in [-0.1, -0.05) is 27.5 Å². The van der Waals surface area contributed by atoms with Crippen LogP contribution in [-0.2, 0) is 10.0 Å². The lowest BCUT2D eigenvalue weighted by atomic mass is 10.2. The first kappa shape index (κ1) is 16.2. The van der Waals surface area contributed by atoms with Crippen LogP contribution in [0.2, 0.25) is 5.02 Å². The number of hydrogen-bond donors (Lipinski definition) is 0. The van der Waals surface area contributed by atoms with Crippen molar-refractivity contribution in [2.24, 2.45) is 0 Å². The summed E-state index contributed by atoms with van der Waals surface area (Å²) in [6.45, 7) is 1.51. The van der Waals surface area contributed by atoms with Crippen molar-refractivity contribution in [1.82, 2.24) is 9.21 Å². The van der Waals surface area contributed by atoms with Crippen molar-refractivity contribution in [3.05, 3.63) is 33.3 Å². The molecule has 0 atom stereocenters. The Morgan fingerprint density at radius 2 is 1.82 bits per heavy atom. The summed E-state index contributed by atoms with van der Waals surface area (Å²) in [7, 11) is -3.16. The van der Waals surface area contributed by atoms with Crippen LogP contribution in [0.5, 0.6) is 0 Å². The average molecular weight is 408 g/mol. The number of benzene rings is 1. The quantitative estimate of drug-likeness (QED) is 0.773. The summed E-state index contributed by atoms with van der Waals surface area (Å²) in [4.78, 5) is 14.2. The molecule has 3 rings (SSSR count). The van der Waals surface area contributed by atoms with E-state index >= 15 is 0 Å². The van der Waals surface area contributed by atoms with Gasteiger partial charge in [-0.25, -0.2) is 8.42 Å². The third-order valence-corrected chi connectivity index (χ3v) is 7.21. The van der Waals surface area contributed by atoms with Gasteiger partial charge in [-0.05, 0) is 31.0 Å². The molecule has 0 N–H and O–H groups in total. The Labute approximate surface area is 143 Å². The van der Waals surface area contributed by atoms with E-state index in [4.69, 9.17) is 11.6 Å². The molecule has 0 radical (unpaired) electrons. The number of rotatable bonds is 3. The van der Waals surface area contributed by atoms with Gasteiger partial charge in [-0.2, -0.15) is 4.31 Å². The topological polar surface area (TPSA) is 57.7 Å². The van der Waals surface area contributed by atoms with Crippen molar-refractivity contribution in [3.63, 3.8) is 0 Å². The Morgan fingerprint density at radius 3 is 2.41 bits per heavy atom. The van der Waals surface area contributed by atoms with E-state index in [2.05, 4.69) is 15.9 Å². The minimum atomic E-state index is -3.16. The Bertz CT molecular complexity index is 698. The van der Waals surface area contributed by atoms with Crippen LogP contribution >= 0.6 is 27.5 Å². The Balaban J connectivity index is 1.68. The summed E-state index contributed by atoms with van der Waals surface area (Å²) in [5, 5.41) is 0.204. The van der Waals surface area contributed by atoms with Gasteiger partial charge in [-0.3, -0.25) is 4.79 Å². The molecule has 1 aliphatic carbocycles. The van der Waals surface area contributed by atoms with Gasteiger partial charge in [0.25, 0.3) is 5.91 Å². The highest BCUT2D eigenvalue weighted by atomic mass is 79.9. The lowest BCUT2D eigenvalue weighted by Crippen LogP contribution is -2.51. The molecule has 0 unspecified atom stereocenters. The molecule has 1 saturated carbocycles. The van der Waals surface area contributed by atoms with E-state index < -0.39 is 10.0 Å². The first-order valence-corrected chi connectivity index (χ1v) is 9.80. The van der Waals surface area contributed by atoms with Crippen molar-refractivity contribution in [1.29, 1.82) is 0 Å². The SMILES string of the molecule is O=C(c1cc(Br)ccc1Cl)N1CCN(S(=O)(=O)C2CC2)CC1. The second-order valence-electron chi connectivity index (χ2n) is 5.56. The molecule has 1 saturated heterocycles. The van der Waals surface area contributed by atoms with Crippen LogP contribution in [0.25, 0.3) is 0 Å². The lowest BCUT2D eigenvalue weighted by molar-refractivity contribution is 0.0698. The summed E-state index contributed by atoms with van der Waals surface area (Å²) in [6.07, 6.45) is 1.52. The molecule has 1 amide bonds. The lowest BCUT2D eigenvalue weighted by Gasteiger charge is -2.34. The summed E-state index contributed by atoms with van der Waals surface area (Å²) >= 11 is 9.42. The first-order chi connectivity index (χ1) is 10.4. The molecule has 0 aromatic heterocycles. The van der Waals surface area contributed by atoms with Crippen molar-refractivity contribution in [2.75, 3.05) is 26.2 Å². The molecule has 0 bridgehead atoms. The normalized spacial score (nSPS) is 20.2. The third kappa shape index (κ3) is 3.18. The second kappa shape index (κ2) is 6.11. The maximum absolute atomic E-state index is 12.5. The minimum Gasteiger partial charge on any atom is -0.336 e. The number of carbonyl (C=O) groups excluding carboxylic acids is 1. The summed E-state index contributed by atoms with van der Waals surface area (Å²) in [6, 6.07) is 5.14. The van der Waals surface area contributed by atoms with Crippen molar-refractivity contribution in [2.45, 2.75) is 18.1 Å². The fourth-order valence-electron chi connectivity index (χ4n) is 2.55. The molecule has 1 aliphatic heterocycles. The zero-order valence-electron chi connectivity index (χ0n) is 11.8. The number of piperazine rings is 1. The number of hydrogen-bond acceptors (Lipinski definition) is 3. The van der Waals surface area contributed by atoms with E-state index in [0.717, 1.165) is 17.3 Å². The van der Waals surface area contributed by atoms with Gasteiger partial charge >= 0.3 is 0 Å². The number of carbonyl (C=O) groups is 1. The second-order valence-corrected chi connectivity index (χ2v) is 9.10. The molecule has 2 fully saturated rings. The molecule has 8 heteroatoms. The molecule has 1 aromatic carbocycles. The van der Waals surface area contributed by atoms with Gasteiger partial charge < -0.3 is 4.90 Å². The fraction of sp³-hybridized carbons (Fsp3) is 0.500. The number of nitrogens with zero attached hydrogens (tertiary/aromatic N) is 2. The van der Waals surface area contributed by atoms with Crippen LogP contribution in [0, 0.1) is 0 Å². The average Bonchev–Trinajstić information content (AvgIpc) is 3.34. The van der Waals surface area contributed by atoms with Crippen LogP contribution in [0.4, 0.5) is 0 Å². The predicted molar refractivity (Wildman–Crippen MR) is 88.6 cm³/mol. The van der Waals surface area contributed by atoms with Gasteiger partial charge in [0.2, 0.25) is 10.0 Å². The summed E-state index contributed by atoms with van der Waals surface area (Å²) in [5.74, 6) is -0.158. The van der Waals surface area contributed by atoms with E-state index in [0.29, 0.717) is 36.8 Å². The van der Waals surface area contributed by atoms with Gasteiger partial charge in [-0.15, -0.1) is 0 Å². The fourth-order valence-corrected chi connectivity index (χ4v) is 4.94. The molecule has 22 heavy (non-hydrogen) atoms. The monoisotopic (exact) mass is 406 g/mol. The highest BCUT2D eigenvalue weighted by Crippen LogP contribution is 2.31. The van der Waals surface area contributed by atoms with Gasteiger partial charge in [0.05, 0.1) is 15.8 Å². The third-order valence-electron chi connectivity index (χ3n) is 3.99. The Morgan fingerprint density at radius 1 is 1.18 bits per heavy atom. The first-order valence-electron chi connectivity index (χ1n) is 7.13. The van der Waals surface area contributed by atoms with Crippen molar-refractivity contribution < 1.29 is 13.2 Å². The van der Waals surface area contributed by atoms with E-state index in [-0.39, 0.29) is 11.2 Å². The molecule has 1 aromatic rings. The molecule has 0 spiro atoms. The maximum Gasteiger partial charge on any atom is 0.255 e. The summed E-state index contributed by atoms with van der Waals surface area (Å²) < 4.78 is 26.7. The predicted octanol–water partition coefficient (Wildman–Crippen LogP) is 2.35. The molecular weight excluding hydrogens is 392 g/mol. The largest absolute Gasteiger partial charge is 0.336 e. The van der Waals surface area contributed by atoms with E-state index in [9.17, 15) is 13.2 Å². The highest BCUT2D eigenvalue weighted by molar-refractivity contribution is 9.10. The zero-order chi connectivity index (χ0) is 15.9. The molecular formula is C14H16BrClN2O3S. The zero-order valence-corrected chi connectivity index (χ0v) is 15.0. The van der Waals surface area contributed by atoms with Crippen molar-refractivity contribution in [3.8, 4) is 0 Å². The van der Waals surface area contributed by atoms with Crippen LogP contribution in [0.3, 0.4) is 0 Å². The standard InChI is InChI=1S/C14H16BrClN2O3S/c15-10-1-4-13(16)12(9-10)14(19)17-5-7-18(8-6-17)22(20,21)11-2-3-11/h1,4,9,11H,2-3,5-8H2. The number of halogens is 2. The van der Waals surface area contributed by atoms with E-state index in [1.54, 1.807) is 23.1 Å². The molecule has 1 heterocycles. The molecule has 2 aliphatic rings. The smallest absolute Gasteiger partial charge is 0.255 e. The molecule has 5 nitrogen and oxygen atoms in total. The van der Waals surface area contributed by atoms with Crippen LogP contribution in [-0.4, -0.2) is 55.0 Å². The van der Waals surface area contributed by atoms with E-state index in [1.165, 1.54) is 4.31 Å². The van der Waals surface area contributed by atoms with Crippen molar-refractivity contribution >= 4 is 43.5 Å². The van der Waals surface area contributed by atoms with Crippen LogP contribution in [0.15, 0.2) is 22.7 Å². The van der Waals surface area contributed by atoms with E-state index in [1.807, 2.05) is 0 Å². The summed E-state index contributed by atoms with van der Waals surface area (Å²) in [5.41, 5.74) is 0.439. The Hall–Kier alpha value is -0.630. The van der Waals surface area contributed by atoms with Gasteiger partial charge in [0.15, 0.2) is 0 Å².